The van der Waals surface area contributed by atoms with Crippen molar-refractivity contribution in [3.05, 3.63) is 141 Å². The largest absolute Gasteiger partial charge is 0.465 e. The van der Waals surface area contributed by atoms with E-state index in [0.717, 1.165) is 0 Å². The molecule has 0 heterocycles. The van der Waals surface area contributed by atoms with Gasteiger partial charge >= 0.3 is 5.97 Å². The second kappa shape index (κ2) is 12.1. The summed E-state index contributed by atoms with van der Waals surface area (Å²) < 4.78 is 5.63. The van der Waals surface area contributed by atoms with Crippen LogP contribution in [0.4, 0.5) is 0 Å². The average Bonchev–Trinajstić information content (AvgIpc) is 3.02. The number of nitriles is 1. The Labute approximate surface area is 255 Å². The van der Waals surface area contributed by atoms with Gasteiger partial charge in [0.2, 0.25) is 0 Å². The molecule has 0 amide bonds. The fraction of sp³-hybridized carbons (Fsp3) is 0.229. The van der Waals surface area contributed by atoms with E-state index in [1.165, 1.54) is 0 Å². The van der Waals surface area contributed by atoms with Gasteiger partial charge in [0, 0.05) is 27.4 Å². The van der Waals surface area contributed by atoms with Gasteiger partial charge in [-0.25, -0.2) is 0 Å². The lowest BCUT2D eigenvalue weighted by Gasteiger charge is -2.54. The number of carbonyl (C=O) groups excluding carboxylic acids is 2. The first-order valence-corrected chi connectivity index (χ1v) is 14.5. The molecule has 1 aliphatic rings. The summed E-state index contributed by atoms with van der Waals surface area (Å²) in [7, 11) is 0. The van der Waals surface area contributed by atoms with Gasteiger partial charge in [0.05, 0.1) is 18.6 Å². The van der Waals surface area contributed by atoms with Crippen LogP contribution in [0.3, 0.4) is 0 Å². The number of ether oxygens (including phenoxy) is 1. The van der Waals surface area contributed by atoms with Gasteiger partial charge < -0.3 is 9.84 Å². The number of ketones is 1. The van der Waals surface area contributed by atoms with Crippen LogP contribution in [0, 0.1) is 22.7 Å². The summed E-state index contributed by atoms with van der Waals surface area (Å²) in [5, 5.41) is 24.7. The van der Waals surface area contributed by atoms with E-state index in [4.69, 9.17) is 27.9 Å². The van der Waals surface area contributed by atoms with Crippen LogP contribution in [0.15, 0.2) is 109 Å². The highest BCUT2D eigenvalue weighted by molar-refractivity contribution is 6.32. The molecule has 4 aromatic carbocycles. The normalized spacial score (nSPS) is 25.3. The van der Waals surface area contributed by atoms with Crippen LogP contribution < -0.4 is 0 Å². The van der Waals surface area contributed by atoms with Gasteiger partial charge in [-0.05, 0) is 42.2 Å². The first-order chi connectivity index (χ1) is 20.3. The van der Waals surface area contributed by atoms with Gasteiger partial charge in [0.15, 0.2) is 11.2 Å². The van der Waals surface area contributed by atoms with Crippen molar-refractivity contribution in [2.75, 3.05) is 6.61 Å². The Kier molecular flexibility index (Phi) is 8.52. The Balaban J connectivity index is 1.93. The molecule has 0 aromatic heterocycles. The minimum atomic E-state index is -1.98. The third-order valence-electron chi connectivity index (χ3n) is 8.34. The van der Waals surface area contributed by atoms with Gasteiger partial charge in [0.1, 0.15) is 5.60 Å². The molecular weight excluding hydrogens is 569 g/mol. The minimum absolute atomic E-state index is 0.00694. The molecule has 1 saturated carbocycles. The standard InChI is InChI=1S/C35H29Cl2NO4/c1-2-42-33(40)34(22-38)27(25-17-9-11-19-28(25)36)21-35(41,24-15-7-4-8-16-24)31(32(39)23-13-5-3-6-14-23)30(34)26-18-10-12-20-29(26)37/h3-20,27,30-31,41H,2,21H2,1H3. The number of benzene rings is 4. The summed E-state index contributed by atoms with van der Waals surface area (Å²) in [6, 6.07) is 33.5. The molecule has 0 bridgehead atoms. The molecular formula is C35H29Cl2NO4. The maximum absolute atomic E-state index is 14.7. The lowest BCUT2D eigenvalue weighted by Crippen LogP contribution is -2.59. The van der Waals surface area contributed by atoms with Crippen LogP contribution in [0.5, 0.6) is 0 Å². The van der Waals surface area contributed by atoms with Crippen LogP contribution in [0.2, 0.25) is 10.0 Å². The number of Topliss-reactive ketones (excluding diaryl/α,β-unsaturated/α-hetero) is 1. The highest BCUT2D eigenvalue weighted by atomic mass is 35.5. The zero-order chi connectivity index (χ0) is 29.9. The molecule has 7 heteroatoms. The molecule has 0 spiro atoms. The highest BCUT2D eigenvalue weighted by Crippen LogP contribution is 2.64. The Morgan fingerprint density at radius 3 is 1.93 bits per heavy atom. The summed E-state index contributed by atoms with van der Waals surface area (Å²) in [5.74, 6) is -4.72. The van der Waals surface area contributed by atoms with E-state index < -0.39 is 40.5 Å². The van der Waals surface area contributed by atoms with Gasteiger partial charge in [-0.15, -0.1) is 0 Å². The van der Waals surface area contributed by atoms with Crippen molar-refractivity contribution >= 4 is 35.0 Å². The first kappa shape index (κ1) is 29.5. The summed E-state index contributed by atoms with van der Waals surface area (Å²) in [6.45, 7) is 1.67. The van der Waals surface area contributed by atoms with Crippen LogP contribution in [-0.4, -0.2) is 23.5 Å². The number of aliphatic hydroxyl groups is 1. The Hall–Kier alpha value is -3.95. The molecule has 42 heavy (non-hydrogen) atoms. The van der Waals surface area contributed by atoms with Crippen LogP contribution >= 0.6 is 23.2 Å². The molecule has 212 valence electrons. The second-order valence-corrected chi connectivity index (χ2v) is 11.3. The third kappa shape index (κ3) is 4.90. The number of hydrogen-bond donors (Lipinski definition) is 1. The van der Waals surface area contributed by atoms with E-state index >= 15 is 0 Å². The van der Waals surface area contributed by atoms with Gasteiger partial charge in [-0.3, -0.25) is 9.59 Å². The molecule has 5 atom stereocenters. The highest BCUT2D eigenvalue weighted by Gasteiger charge is 2.68. The van der Waals surface area contributed by atoms with Crippen molar-refractivity contribution in [1.82, 2.24) is 0 Å². The minimum Gasteiger partial charge on any atom is -0.465 e. The molecule has 0 aliphatic heterocycles. The number of halogens is 2. The second-order valence-electron chi connectivity index (χ2n) is 10.5. The number of esters is 1. The lowest BCUT2D eigenvalue weighted by atomic mass is 9.47. The summed E-state index contributed by atoms with van der Waals surface area (Å²) in [5.41, 5.74) is -2.14. The van der Waals surface area contributed by atoms with E-state index in [0.29, 0.717) is 27.3 Å². The summed E-state index contributed by atoms with van der Waals surface area (Å²) in [4.78, 5) is 29.0. The monoisotopic (exact) mass is 597 g/mol. The molecule has 5 rings (SSSR count). The topological polar surface area (TPSA) is 87.4 Å². The number of carbonyl (C=O) groups is 2. The molecule has 1 fully saturated rings. The number of nitrogens with zero attached hydrogens (tertiary/aromatic N) is 1. The predicted molar refractivity (Wildman–Crippen MR) is 162 cm³/mol. The molecule has 5 nitrogen and oxygen atoms in total. The Morgan fingerprint density at radius 2 is 1.38 bits per heavy atom. The van der Waals surface area contributed by atoms with Crippen molar-refractivity contribution in [3.63, 3.8) is 0 Å². The van der Waals surface area contributed by atoms with Crippen molar-refractivity contribution in [2.45, 2.75) is 30.8 Å². The van der Waals surface area contributed by atoms with Crippen LogP contribution in [0.25, 0.3) is 0 Å². The molecule has 5 unspecified atom stereocenters. The molecule has 4 aromatic rings. The zero-order valence-corrected chi connectivity index (χ0v) is 24.4. The average molecular weight is 599 g/mol. The first-order valence-electron chi connectivity index (χ1n) is 13.7. The molecule has 1 N–H and O–H groups in total. The van der Waals surface area contributed by atoms with Crippen molar-refractivity contribution in [2.24, 2.45) is 11.3 Å². The Bertz CT molecular complexity index is 1640. The van der Waals surface area contributed by atoms with Crippen molar-refractivity contribution < 1.29 is 19.4 Å². The smallest absolute Gasteiger partial charge is 0.327 e. The van der Waals surface area contributed by atoms with E-state index in [1.807, 2.05) is 6.07 Å². The Morgan fingerprint density at radius 1 is 0.857 bits per heavy atom. The van der Waals surface area contributed by atoms with E-state index in [1.54, 1.807) is 110 Å². The van der Waals surface area contributed by atoms with Gasteiger partial charge in [-0.2, -0.15) is 5.26 Å². The van der Waals surface area contributed by atoms with Crippen LogP contribution in [0.1, 0.15) is 52.2 Å². The zero-order valence-electron chi connectivity index (χ0n) is 22.9. The third-order valence-corrected chi connectivity index (χ3v) is 9.03. The molecule has 0 saturated heterocycles. The maximum atomic E-state index is 14.7. The maximum Gasteiger partial charge on any atom is 0.327 e. The van der Waals surface area contributed by atoms with E-state index in [2.05, 4.69) is 6.07 Å². The lowest BCUT2D eigenvalue weighted by molar-refractivity contribution is -0.164. The van der Waals surface area contributed by atoms with Gasteiger partial charge in [-0.1, -0.05) is 120 Å². The van der Waals surface area contributed by atoms with Crippen molar-refractivity contribution in [1.29, 1.82) is 5.26 Å². The summed E-state index contributed by atoms with van der Waals surface area (Å²) in [6.07, 6.45) is -0.155. The quantitative estimate of drug-likeness (QED) is 0.174. The number of rotatable bonds is 7. The fourth-order valence-electron chi connectivity index (χ4n) is 6.51. The van der Waals surface area contributed by atoms with E-state index in [-0.39, 0.29) is 18.1 Å². The van der Waals surface area contributed by atoms with E-state index in [9.17, 15) is 20.0 Å². The number of hydrogen-bond acceptors (Lipinski definition) is 5. The molecule has 0 radical (unpaired) electrons. The SMILES string of the molecule is CCOC(=O)C1(C#N)C(c2ccccc2Cl)CC(O)(c2ccccc2)C(C(=O)c2ccccc2)C1c1ccccc1Cl. The van der Waals surface area contributed by atoms with Crippen molar-refractivity contribution in [3.8, 4) is 6.07 Å². The fourth-order valence-corrected chi connectivity index (χ4v) is 7.03. The summed E-state index contributed by atoms with van der Waals surface area (Å²) >= 11 is 13.6. The van der Waals surface area contributed by atoms with Crippen LogP contribution in [-0.2, 0) is 15.1 Å². The predicted octanol–water partition coefficient (Wildman–Crippen LogP) is 7.72. The molecule has 1 aliphatic carbocycles. The van der Waals surface area contributed by atoms with Gasteiger partial charge in [0.25, 0.3) is 0 Å².